The van der Waals surface area contributed by atoms with Crippen molar-refractivity contribution in [1.82, 2.24) is 4.98 Å². The van der Waals surface area contributed by atoms with E-state index in [1.807, 2.05) is 31.2 Å². The molecule has 1 aliphatic heterocycles. The second kappa shape index (κ2) is 6.48. The number of nitrogens with one attached hydrogen (secondary N) is 2. The number of benzene rings is 2. The van der Waals surface area contributed by atoms with Gasteiger partial charge in [-0.1, -0.05) is 18.2 Å². The van der Waals surface area contributed by atoms with Crippen molar-refractivity contribution in [2.45, 2.75) is 13.3 Å². The maximum absolute atomic E-state index is 14.7. The minimum Gasteiger partial charge on any atom is -0.367 e. The highest BCUT2D eigenvalue weighted by molar-refractivity contribution is 6.07. The summed E-state index contributed by atoms with van der Waals surface area (Å²) >= 11 is 0. The van der Waals surface area contributed by atoms with Crippen LogP contribution >= 0.6 is 0 Å². The minimum atomic E-state index is -0.386. The maximum Gasteiger partial charge on any atom is 0.323 e. The molecule has 5 rings (SSSR count). The lowest BCUT2D eigenvalue weighted by Crippen LogP contribution is -2.27. The summed E-state index contributed by atoms with van der Waals surface area (Å²) < 4.78 is 14.7. The Kier molecular flexibility index (Phi) is 3.93. The Morgan fingerprint density at radius 2 is 1.96 bits per heavy atom. The fraction of sp³-hybridized carbons (Fsp3) is 0.273. The van der Waals surface area contributed by atoms with Gasteiger partial charge in [-0.15, -0.1) is 0 Å². The number of urea groups is 1. The molecule has 1 unspecified atom stereocenters. The average molecular weight is 376 g/mol. The van der Waals surface area contributed by atoms with Gasteiger partial charge in [-0.05, 0) is 48.9 Å². The van der Waals surface area contributed by atoms with Crippen molar-refractivity contribution in [3.63, 3.8) is 0 Å². The molecule has 1 aliphatic carbocycles. The van der Waals surface area contributed by atoms with Crippen LogP contribution in [0.5, 0.6) is 0 Å². The fourth-order valence-electron chi connectivity index (χ4n) is 4.21. The summed E-state index contributed by atoms with van der Waals surface area (Å²) in [4.78, 5) is 18.9. The molecule has 0 radical (unpaired) electrons. The van der Waals surface area contributed by atoms with Crippen molar-refractivity contribution in [2.75, 3.05) is 28.6 Å². The van der Waals surface area contributed by atoms with Crippen molar-refractivity contribution >= 4 is 33.9 Å². The lowest BCUT2D eigenvalue weighted by molar-refractivity contribution is 0.262. The van der Waals surface area contributed by atoms with Crippen LogP contribution < -0.4 is 15.5 Å². The number of hydrogen-bond acceptors (Lipinski definition) is 3. The van der Waals surface area contributed by atoms with Gasteiger partial charge in [-0.3, -0.25) is 4.98 Å². The predicted octanol–water partition coefficient (Wildman–Crippen LogP) is 4.78. The van der Waals surface area contributed by atoms with Gasteiger partial charge in [-0.2, -0.15) is 0 Å². The van der Waals surface area contributed by atoms with Crippen LogP contribution in [0.4, 0.5) is 26.2 Å². The number of pyridine rings is 1. The van der Waals surface area contributed by atoms with Crippen molar-refractivity contribution < 1.29 is 9.18 Å². The van der Waals surface area contributed by atoms with Crippen molar-refractivity contribution in [3.05, 3.63) is 60.2 Å². The highest BCUT2D eigenvalue weighted by Gasteiger charge is 2.46. The number of hydrogen-bond donors (Lipinski definition) is 2. The minimum absolute atomic E-state index is 0.293. The quantitative estimate of drug-likeness (QED) is 0.691. The molecule has 2 aromatic carbocycles. The number of nitrogens with zero attached hydrogens (tertiary/aromatic N) is 2. The summed E-state index contributed by atoms with van der Waals surface area (Å²) in [5.41, 5.74) is 2.58. The van der Waals surface area contributed by atoms with Crippen LogP contribution in [-0.4, -0.2) is 24.1 Å². The van der Waals surface area contributed by atoms with Crippen molar-refractivity contribution in [3.8, 4) is 0 Å². The van der Waals surface area contributed by atoms with Gasteiger partial charge in [0.1, 0.15) is 5.82 Å². The Morgan fingerprint density at radius 3 is 2.79 bits per heavy atom. The summed E-state index contributed by atoms with van der Waals surface area (Å²) in [6.07, 6.45) is 4.69. The van der Waals surface area contributed by atoms with Crippen LogP contribution in [0.25, 0.3) is 10.8 Å². The number of anilines is 3. The summed E-state index contributed by atoms with van der Waals surface area (Å²) in [5.74, 6) is 1.05. The van der Waals surface area contributed by atoms with E-state index < -0.39 is 0 Å². The van der Waals surface area contributed by atoms with E-state index >= 15 is 0 Å². The van der Waals surface area contributed by atoms with Gasteiger partial charge in [0.15, 0.2) is 0 Å². The van der Waals surface area contributed by atoms with Gasteiger partial charge in [0, 0.05) is 36.3 Å². The molecule has 1 saturated heterocycles. The van der Waals surface area contributed by atoms with E-state index in [2.05, 4.69) is 20.5 Å². The molecule has 6 heteroatoms. The van der Waals surface area contributed by atoms with Crippen LogP contribution in [-0.2, 0) is 0 Å². The van der Waals surface area contributed by atoms with Gasteiger partial charge in [-0.25, -0.2) is 9.18 Å². The van der Waals surface area contributed by atoms with Gasteiger partial charge in [0.05, 0.1) is 17.1 Å². The molecule has 5 nitrogen and oxygen atoms in total. The molecule has 2 atom stereocenters. The Labute approximate surface area is 162 Å². The van der Waals surface area contributed by atoms with E-state index in [1.54, 1.807) is 18.5 Å². The number of carbonyl (C=O) groups is 1. The molecule has 2 aliphatic rings. The van der Waals surface area contributed by atoms with Crippen LogP contribution in [0.15, 0.2) is 48.8 Å². The average Bonchev–Trinajstić information content (AvgIpc) is 3.30. The number of fused-ring (bicyclic) bond motifs is 2. The number of aryl methyl sites for hydroxylation is 1. The van der Waals surface area contributed by atoms with E-state index in [4.69, 9.17) is 0 Å². The number of aromatic nitrogens is 1. The number of amides is 2. The summed E-state index contributed by atoms with van der Waals surface area (Å²) in [6, 6.07) is 10.3. The molecule has 142 valence electrons. The van der Waals surface area contributed by atoms with Crippen LogP contribution in [0.1, 0.15) is 12.0 Å². The summed E-state index contributed by atoms with van der Waals surface area (Å²) in [7, 11) is 0. The number of halogens is 1. The Balaban J connectivity index is 1.42. The topological polar surface area (TPSA) is 57.3 Å². The molecule has 2 fully saturated rings. The molecule has 0 spiro atoms. The molecule has 28 heavy (non-hydrogen) atoms. The first-order valence-electron chi connectivity index (χ1n) is 9.55. The van der Waals surface area contributed by atoms with Gasteiger partial charge >= 0.3 is 6.03 Å². The molecular weight excluding hydrogens is 355 g/mol. The lowest BCUT2D eigenvalue weighted by Gasteiger charge is -2.25. The fourth-order valence-corrected chi connectivity index (χ4v) is 4.21. The van der Waals surface area contributed by atoms with E-state index in [-0.39, 0.29) is 11.8 Å². The van der Waals surface area contributed by atoms with Crippen LogP contribution in [0.2, 0.25) is 0 Å². The first kappa shape index (κ1) is 17.0. The SMILES string of the molecule is Cc1ccc(F)c(N2CC3C[C@H]3C2)c1NC(=O)Nc1cccc2cnccc12. The van der Waals surface area contributed by atoms with Gasteiger partial charge < -0.3 is 15.5 Å². The molecule has 1 saturated carbocycles. The summed E-state index contributed by atoms with van der Waals surface area (Å²) in [6.45, 7) is 3.61. The zero-order valence-electron chi connectivity index (χ0n) is 15.6. The van der Waals surface area contributed by atoms with E-state index in [9.17, 15) is 9.18 Å². The van der Waals surface area contributed by atoms with Gasteiger partial charge in [0.25, 0.3) is 0 Å². The number of piperidine rings is 1. The third-order valence-electron chi connectivity index (χ3n) is 5.80. The zero-order valence-corrected chi connectivity index (χ0v) is 15.6. The molecular formula is C22H21FN4O. The molecule has 0 bridgehead atoms. The monoisotopic (exact) mass is 376 g/mol. The zero-order chi connectivity index (χ0) is 19.3. The first-order chi connectivity index (χ1) is 13.6. The normalized spacial score (nSPS) is 20.1. The third kappa shape index (κ3) is 2.95. The smallest absolute Gasteiger partial charge is 0.323 e. The highest BCUT2D eigenvalue weighted by Crippen LogP contribution is 2.48. The molecule has 2 N–H and O–H groups in total. The predicted molar refractivity (Wildman–Crippen MR) is 109 cm³/mol. The van der Waals surface area contributed by atoms with Gasteiger partial charge in [0.2, 0.25) is 0 Å². The number of rotatable bonds is 3. The van der Waals surface area contributed by atoms with E-state index in [0.29, 0.717) is 28.9 Å². The van der Waals surface area contributed by atoms with E-state index in [0.717, 1.165) is 29.4 Å². The Hall–Kier alpha value is -3.15. The van der Waals surface area contributed by atoms with E-state index in [1.165, 1.54) is 12.5 Å². The van der Waals surface area contributed by atoms with Crippen molar-refractivity contribution in [2.24, 2.45) is 11.8 Å². The first-order valence-corrected chi connectivity index (χ1v) is 9.55. The Morgan fingerprint density at radius 1 is 1.14 bits per heavy atom. The molecule has 2 amide bonds. The van der Waals surface area contributed by atoms with Crippen LogP contribution in [0.3, 0.4) is 0 Å². The highest BCUT2D eigenvalue weighted by atomic mass is 19.1. The van der Waals surface area contributed by atoms with Crippen molar-refractivity contribution in [1.29, 1.82) is 0 Å². The largest absolute Gasteiger partial charge is 0.367 e. The second-order valence-corrected chi connectivity index (χ2v) is 7.73. The molecule has 2 heterocycles. The maximum atomic E-state index is 14.7. The molecule has 1 aromatic heterocycles. The molecule has 3 aromatic rings. The summed E-state index contributed by atoms with van der Waals surface area (Å²) in [5, 5.41) is 7.64. The van der Waals surface area contributed by atoms with Crippen LogP contribution in [0, 0.1) is 24.6 Å². The lowest BCUT2D eigenvalue weighted by atomic mass is 10.1. The number of carbonyl (C=O) groups excluding carboxylic acids is 1. The Bertz CT molecular complexity index is 1070. The standard InChI is InChI=1S/C22H21FN4O/c1-13-5-6-18(23)21(27-11-15-9-16(15)12-27)20(13)26-22(28)25-19-4-2-3-14-10-24-8-7-17(14)19/h2-8,10,15-16H,9,11-12H2,1H3,(H2,25,26,28)/t15-,16?/m0/s1. The third-order valence-corrected chi connectivity index (χ3v) is 5.80. The second-order valence-electron chi connectivity index (χ2n) is 7.73.